The second-order valence-corrected chi connectivity index (χ2v) is 5.45. The smallest absolute Gasteiger partial charge is 0.0900 e. The molecule has 2 aromatic rings. The van der Waals surface area contributed by atoms with E-state index in [1.807, 2.05) is 35.9 Å². The van der Waals surface area contributed by atoms with Crippen molar-refractivity contribution in [3.8, 4) is 0 Å². The van der Waals surface area contributed by atoms with Crippen LogP contribution in [0.4, 0.5) is 0 Å². The first-order valence-corrected chi connectivity index (χ1v) is 7.33. The summed E-state index contributed by atoms with van der Waals surface area (Å²) in [7, 11) is 0. The number of nitrogens with zero attached hydrogens (tertiary/aromatic N) is 2. The van der Waals surface area contributed by atoms with Gasteiger partial charge in [0.15, 0.2) is 0 Å². The summed E-state index contributed by atoms with van der Waals surface area (Å²) in [4.78, 5) is 0. The zero-order valence-electron chi connectivity index (χ0n) is 11.0. The molecule has 5 heteroatoms. The van der Waals surface area contributed by atoms with Crippen molar-refractivity contribution >= 4 is 27.5 Å². The van der Waals surface area contributed by atoms with Crippen LogP contribution < -0.4 is 0 Å². The highest BCUT2D eigenvalue weighted by Gasteiger charge is 2.12. The molecule has 0 fully saturated rings. The first kappa shape index (κ1) is 14.6. The van der Waals surface area contributed by atoms with Crippen LogP contribution in [-0.2, 0) is 24.5 Å². The van der Waals surface area contributed by atoms with Crippen LogP contribution in [0.2, 0.25) is 5.02 Å². The van der Waals surface area contributed by atoms with Gasteiger partial charge in [0.25, 0.3) is 0 Å². The van der Waals surface area contributed by atoms with Crippen LogP contribution in [0.5, 0.6) is 0 Å². The summed E-state index contributed by atoms with van der Waals surface area (Å²) in [6.07, 6.45) is 0. The Morgan fingerprint density at radius 3 is 2.74 bits per heavy atom. The number of aromatic nitrogens is 2. The zero-order chi connectivity index (χ0) is 13.8. The Kier molecular flexibility index (Phi) is 5.02. The summed E-state index contributed by atoms with van der Waals surface area (Å²) in [5.74, 6) is 0. The molecule has 1 heterocycles. The Balaban J connectivity index is 2.02. The molecule has 0 amide bonds. The molecule has 0 aliphatic heterocycles. The monoisotopic (exact) mass is 342 g/mol. The second-order valence-electron chi connectivity index (χ2n) is 4.25. The highest BCUT2D eigenvalue weighted by atomic mass is 79.9. The average Bonchev–Trinajstić information content (AvgIpc) is 2.68. The molecule has 3 nitrogen and oxygen atoms in total. The van der Waals surface area contributed by atoms with E-state index in [2.05, 4.69) is 28.0 Å². The van der Waals surface area contributed by atoms with Crippen LogP contribution in [0.15, 0.2) is 28.7 Å². The summed E-state index contributed by atoms with van der Waals surface area (Å²) in [5, 5.41) is 5.17. The third kappa shape index (κ3) is 3.38. The highest BCUT2D eigenvalue weighted by Crippen LogP contribution is 2.23. The van der Waals surface area contributed by atoms with Crippen molar-refractivity contribution in [2.45, 2.75) is 33.6 Å². The predicted octanol–water partition coefficient (Wildman–Crippen LogP) is 4.34. The van der Waals surface area contributed by atoms with Gasteiger partial charge in [-0.3, -0.25) is 4.68 Å². The summed E-state index contributed by atoms with van der Waals surface area (Å²) >= 11 is 9.65. The van der Waals surface area contributed by atoms with E-state index in [0.29, 0.717) is 13.2 Å². The highest BCUT2D eigenvalue weighted by molar-refractivity contribution is 9.10. The molecule has 2 rings (SSSR count). The van der Waals surface area contributed by atoms with Crippen LogP contribution >= 0.6 is 27.5 Å². The Bertz CT molecular complexity index is 569. The minimum Gasteiger partial charge on any atom is -0.370 e. The Labute approximate surface area is 126 Å². The molecule has 1 aromatic heterocycles. The molecule has 1 aromatic carbocycles. The van der Waals surface area contributed by atoms with Gasteiger partial charge in [0.1, 0.15) is 0 Å². The summed E-state index contributed by atoms with van der Waals surface area (Å²) in [6, 6.07) is 7.72. The molecule has 0 aliphatic rings. The number of hydrogen-bond acceptors (Lipinski definition) is 2. The van der Waals surface area contributed by atoms with Crippen molar-refractivity contribution in [1.82, 2.24) is 9.78 Å². The van der Waals surface area contributed by atoms with E-state index in [4.69, 9.17) is 16.3 Å². The van der Waals surface area contributed by atoms with Gasteiger partial charge in [0.2, 0.25) is 0 Å². The van der Waals surface area contributed by atoms with E-state index < -0.39 is 0 Å². The first-order chi connectivity index (χ1) is 9.13. The molecule has 0 saturated heterocycles. The molecule has 0 aliphatic carbocycles. The van der Waals surface area contributed by atoms with Crippen molar-refractivity contribution in [2.24, 2.45) is 0 Å². The molecule has 0 radical (unpaired) electrons. The molecule has 0 N–H and O–H groups in total. The van der Waals surface area contributed by atoms with Crippen molar-refractivity contribution < 1.29 is 4.74 Å². The lowest BCUT2D eigenvalue weighted by Gasteiger charge is -2.08. The van der Waals surface area contributed by atoms with Gasteiger partial charge >= 0.3 is 0 Å². The fourth-order valence-electron chi connectivity index (χ4n) is 1.88. The Morgan fingerprint density at radius 2 is 2.05 bits per heavy atom. The average molecular weight is 344 g/mol. The SMILES string of the molecule is CCn1nc(C)c(Br)c1COCc1ccccc1Cl. The van der Waals surface area contributed by atoms with Gasteiger partial charge in [0.05, 0.1) is 29.1 Å². The molecule has 19 heavy (non-hydrogen) atoms. The Hall–Kier alpha value is -0.840. The molecule has 0 unspecified atom stereocenters. The number of ether oxygens (including phenoxy) is 1. The second kappa shape index (κ2) is 6.55. The molecule has 0 spiro atoms. The van der Waals surface area contributed by atoms with Crippen LogP contribution in [0.3, 0.4) is 0 Å². The van der Waals surface area contributed by atoms with E-state index in [9.17, 15) is 0 Å². The van der Waals surface area contributed by atoms with Gasteiger partial charge < -0.3 is 4.74 Å². The third-order valence-corrected chi connectivity index (χ3v) is 4.31. The minimum atomic E-state index is 0.500. The third-order valence-electron chi connectivity index (χ3n) is 2.91. The largest absolute Gasteiger partial charge is 0.370 e. The van der Waals surface area contributed by atoms with Crippen molar-refractivity contribution in [3.05, 3.63) is 50.7 Å². The lowest BCUT2D eigenvalue weighted by molar-refractivity contribution is 0.101. The number of rotatable bonds is 5. The topological polar surface area (TPSA) is 27.1 Å². The van der Waals surface area contributed by atoms with E-state index in [0.717, 1.165) is 33.0 Å². The lowest BCUT2D eigenvalue weighted by atomic mass is 10.2. The maximum Gasteiger partial charge on any atom is 0.0900 e. The molecular weight excluding hydrogens is 328 g/mol. The molecular formula is C14H16BrClN2O. The quantitative estimate of drug-likeness (QED) is 0.807. The van der Waals surface area contributed by atoms with Gasteiger partial charge in [-0.15, -0.1) is 0 Å². The standard InChI is InChI=1S/C14H16BrClN2O/c1-3-18-13(14(15)10(2)17-18)9-19-8-11-6-4-5-7-12(11)16/h4-7H,3,8-9H2,1-2H3. The summed E-state index contributed by atoms with van der Waals surface area (Å²) in [5.41, 5.74) is 3.05. The van der Waals surface area contributed by atoms with Crippen LogP contribution in [0, 0.1) is 6.92 Å². The van der Waals surface area contributed by atoms with Gasteiger partial charge in [-0.05, 0) is 41.4 Å². The number of aryl methyl sites for hydroxylation is 2. The van der Waals surface area contributed by atoms with E-state index in [1.165, 1.54) is 0 Å². The van der Waals surface area contributed by atoms with Crippen molar-refractivity contribution in [3.63, 3.8) is 0 Å². The van der Waals surface area contributed by atoms with Gasteiger partial charge in [-0.1, -0.05) is 29.8 Å². The lowest BCUT2D eigenvalue weighted by Crippen LogP contribution is -2.05. The first-order valence-electron chi connectivity index (χ1n) is 6.16. The van der Waals surface area contributed by atoms with Crippen LogP contribution in [-0.4, -0.2) is 9.78 Å². The van der Waals surface area contributed by atoms with Gasteiger partial charge in [0, 0.05) is 11.6 Å². The van der Waals surface area contributed by atoms with Crippen LogP contribution in [0.25, 0.3) is 0 Å². The zero-order valence-corrected chi connectivity index (χ0v) is 13.3. The normalized spacial score (nSPS) is 10.9. The van der Waals surface area contributed by atoms with Gasteiger partial charge in [-0.25, -0.2) is 0 Å². The van der Waals surface area contributed by atoms with Crippen LogP contribution in [0.1, 0.15) is 23.9 Å². The van der Waals surface area contributed by atoms with E-state index in [1.54, 1.807) is 0 Å². The maximum atomic E-state index is 6.09. The fourth-order valence-corrected chi connectivity index (χ4v) is 2.47. The molecule has 102 valence electrons. The molecule has 0 bridgehead atoms. The molecule has 0 atom stereocenters. The summed E-state index contributed by atoms with van der Waals surface area (Å²) < 4.78 is 8.72. The number of benzene rings is 1. The van der Waals surface area contributed by atoms with Crippen molar-refractivity contribution in [2.75, 3.05) is 0 Å². The maximum absolute atomic E-state index is 6.09. The van der Waals surface area contributed by atoms with Gasteiger partial charge in [-0.2, -0.15) is 5.10 Å². The fraction of sp³-hybridized carbons (Fsp3) is 0.357. The Morgan fingerprint density at radius 1 is 1.32 bits per heavy atom. The minimum absolute atomic E-state index is 0.500. The number of hydrogen-bond donors (Lipinski definition) is 0. The number of halogens is 2. The summed E-state index contributed by atoms with van der Waals surface area (Å²) in [6.45, 7) is 5.89. The molecule has 0 saturated carbocycles. The van der Waals surface area contributed by atoms with E-state index in [-0.39, 0.29) is 0 Å². The predicted molar refractivity (Wildman–Crippen MR) is 80.3 cm³/mol. The van der Waals surface area contributed by atoms with Crippen molar-refractivity contribution in [1.29, 1.82) is 0 Å². The van der Waals surface area contributed by atoms with E-state index >= 15 is 0 Å².